The quantitative estimate of drug-likeness (QED) is 0.798. The molecule has 0 fully saturated rings. The molecular weight excluding hydrogens is 264 g/mol. The predicted octanol–water partition coefficient (Wildman–Crippen LogP) is 3.49. The van der Waals surface area contributed by atoms with Gasteiger partial charge in [0.1, 0.15) is 16.8 Å². The fraction of sp³-hybridized carbons (Fsp3) is 0.200. The van der Waals surface area contributed by atoms with Crippen molar-refractivity contribution >= 4 is 34.7 Å². The molecule has 0 bridgehead atoms. The van der Waals surface area contributed by atoms with E-state index < -0.39 is 0 Å². The minimum atomic E-state index is 0.374. The van der Waals surface area contributed by atoms with Crippen LogP contribution >= 0.6 is 34.7 Å². The fourth-order valence-electron chi connectivity index (χ4n) is 1.11. The summed E-state index contributed by atoms with van der Waals surface area (Å²) >= 11 is 9.16. The normalized spacial score (nSPS) is 10.6. The molecule has 0 saturated heterocycles. The van der Waals surface area contributed by atoms with Crippen LogP contribution in [0.4, 0.5) is 0 Å². The van der Waals surface area contributed by atoms with E-state index in [0.29, 0.717) is 17.6 Å². The van der Waals surface area contributed by atoms with Gasteiger partial charge < -0.3 is 4.74 Å². The first kappa shape index (κ1) is 11.9. The van der Waals surface area contributed by atoms with E-state index in [-0.39, 0.29) is 0 Å². The van der Waals surface area contributed by atoms with Gasteiger partial charge in [0.25, 0.3) is 0 Å². The Balaban J connectivity index is 2.20. The number of hydrogen-bond acceptors (Lipinski definition) is 5. The van der Waals surface area contributed by atoms with E-state index in [0.717, 1.165) is 5.03 Å². The van der Waals surface area contributed by atoms with E-state index in [9.17, 15) is 0 Å². The molecule has 0 unspecified atom stereocenters. The molecular formula is C10H9ClN2OS2. The van der Waals surface area contributed by atoms with Crippen molar-refractivity contribution in [3.8, 4) is 0 Å². The van der Waals surface area contributed by atoms with Crippen LogP contribution in [0.5, 0.6) is 0 Å². The molecule has 2 rings (SSSR count). The molecule has 0 aliphatic carbocycles. The lowest BCUT2D eigenvalue weighted by molar-refractivity contribution is 0.177. The molecule has 0 saturated carbocycles. The number of methoxy groups -OCH3 is 1. The summed E-state index contributed by atoms with van der Waals surface area (Å²) in [4.78, 5) is 8.42. The second-order valence-electron chi connectivity index (χ2n) is 2.91. The van der Waals surface area contributed by atoms with Gasteiger partial charge in [-0.2, -0.15) is 0 Å². The highest BCUT2D eigenvalue weighted by atomic mass is 35.5. The minimum Gasteiger partial charge on any atom is -0.377 e. The summed E-state index contributed by atoms with van der Waals surface area (Å²) in [6.07, 6.45) is 0. The zero-order valence-electron chi connectivity index (χ0n) is 8.51. The molecule has 0 aliphatic rings. The van der Waals surface area contributed by atoms with Crippen LogP contribution in [0.25, 0.3) is 0 Å². The van der Waals surface area contributed by atoms with Crippen LogP contribution in [0.2, 0.25) is 5.15 Å². The first-order chi connectivity index (χ1) is 7.78. The Morgan fingerprint density at radius 1 is 1.50 bits per heavy atom. The maximum absolute atomic E-state index is 5.91. The van der Waals surface area contributed by atoms with Gasteiger partial charge in [0.15, 0.2) is 5.82 Å². The Labute approximate surface area is 107 Å². The van der Waals surface area contributed by atoms with E-state index in [1.54, 1.807) is 36.3 Å². The first-order valence-corrected chi connectivity index (χ1v) is 6.59. The van der Waals surface area contributed by atoms with Gasteiger partial charge in [0.2, 0.25) is 0 Å². The van der Waals surface area contributed by atoms with E-state index in [1.165, 1.54) is 4.21 Å². The summed E-state index contributed by atoms with van der Waals surface area (Å²) < 4.78 is 6.16. The molecule has 3 nitrogen and oxygen atoms in total. The Morgan fingerprint density at radius 2 is 2.38 bits per heavy atom. The highest BCUT2D eigenvalue weighted by Gasteiger charge is 2.05. The number of thiophene rings is 1. The van der Waals surface area contributed by atoms with Gasteiger partial charge >= 0.3 is 0 Å². The fourth-order valence-corrected chi connectivity index (χ4v) is 3.12. The largest absolute Gasteiger partial charge is 0.377 e. The maximum atomic E-state index is 5.91. The number of hydrogen-bond donors (Lipinski definition) is 0. The van der Waals surface area contributed by atoms with Crippen molar-refractivity contribution in [1.29, 1.82) is 0 Å². The molecule has 0 atom stereocenters. The molecule has 0 radical (unpaired) electrons. The second-order valence-corrected chi connectivity index (χ2v) is 5.57. The van der Waals surface area contributed by atoms with E-state index in [1.807, 2.05) is 17.5 Å². The Hall–Kier alpha value is -0.620. The van der Waals surface area contributed by atoms with Gasteiger partial charge in [-0.15, -0.1) is 11.3 Å². The molecule has 0 N–H and O–H groups in total. The molecule has 6 heteroatoms. The first-order valence-electron chi connectivity index (χ1n) is 4.51. The Bertz CT molecular complexity index is 462. The monoisotopic (exact) mass is 272 g/mol. The van der Waals surface area contributed by atoms with Crippen LogP contribution in [-0.4, -0.2) is 17.1 Å². The lowest BCUT2D eigenvalue weighted by Gasteiger charge is -2.02. The third-order valence-electron chi connectivity index (χ3n) is 1.69. The van der Waals surface area contributed by atoms with Crippen molar-refractivity contribution in [2.45, 2.75) is 15.8 Å². The molecule has 2 heterocycles. The number of rotatable bonds is 4. The number of aromatic nitrogens is 2. The van der Waals surface area contributed by atoms with E-state index >= 15 is 0 Å². The summed E-state index contributed by atoms with van der Waals surface area (Å²) in [5, 5.41) is 3.32. The van der Waals surface area contributed by atoms with Crippen molar-refractivity contribution in [2.75, 3.05) is 7.11 Å². The Kier molecular flexibility index (Phi) is 4.17. The summed E-state index contributed by atoms with van der Waals surface area (Å²) in [6.45, 7) is 0.374. The molecule has 2 aromatic rings. The lowest BCUT2D eigenvalue weighted by atomic mass is 10.6. The van der Waals surface area contributed by atoms with Crippen LogP contribution in [0.15, 0.2) is 32.8 Å². The number of ether oxygens (including phenoxy) is 1. The smallest absolute Gasteiger partial charge is 0.156 e. The van der Waals surface area contributed by atoms with Crippen molar-refractivity contribution in [3.63, 3.8) is 0 Å². The molecule has 0 amide bonds. The molecule has 2 aromatic heterocycles. The second kappa shape index (κ2) is 5.63. The summed E-state index contributed by atoms with van der Waals surface area (Å²) in [5.74, 6) is 0.606. The van der Waals surface area contributed by atoms with Crippen LogP contribution in [0.1, 0.15) is 5.82 Å². The summed E-state index contributed by atoms with van der Waals surface area (Å²) in [5.41, 5.74) is 0. The average molecular weight is 273 g/mol. The lowest BCUT2D eigenvalue weighted by Crippen LogP contribution is -1.97. The van der Waals surface area contributed by atoms with E-state index in [2.05, 4.69) is 9.97 Å². The van der Waals surface area contributed by atoms with Crippen molar-refractivity contribution in [3.05, 3.63) is 34.6 Å². The van der Waals surface area contributed by atoms with Crippen molar-refractivity contribution in [1.82, 2.24) is 9.97 Å². The summed E-state index contributed by atoms with van der Waals surface area (Å²) in [6, 6.07) is 5.80. The molecule has 0 spiro atoms. The topological polar surface area (TPSA) is 35.0 Å². The van der Waals surface area contributed by atoms with Crippen LogP contribution < -0.4 is 0 Å². The molecule has 0 aromatic carbocycles. The van der Waals surface area contributed by atoms with Gasteiger partial charge in [-0.3, -0.25) is 0 Å². The summed E-state index contributed by atoms with van der Waals surface area (Å²) in [7, 11) is 1.61. The van der Waals surface area contributed by atoms with Crippen LogP contribution in [0, 0.1) is 0 Å². The van der Waals surface area contributed by atoms with Crippen LogP contribution in [0.3, 0.4) is 0 Å². The predicted molar refractivity (Wildman–Crippen MR) is 66.2 cm³/mol. The van der Waals surface area contributed by atoms with Crippen molar-refractivity contribution < 1.29 is 4.74 Å². The minimum absolute atomic E-state index is 0.374. The molecule has 84 valence electrons. The average Bonchev–Trinajstić information content (AvgIpc) is 2.70. The van der Waals surface area contributed by atoms with Crippen molar-refractivity contribution in [2.24, 2.45) is 0 Å². The Morgan fingerprint density at radius 3 is 3.06 bits per heavy atom. The molecule has 0 aliphatic heterocycles. The standard InChI is InChI=1S/C10H9ClN2OS2/c1-14-6-8-12-7(11)5-9(13-8)16-10-3-2-4-15-10/h2-5H,6H2,1H3. The van der Waals surface area contributed by atoms with Gasteiger partial charge in [-0.1, -0.05) is 29.4 Å². The zero-order valence-corrected chi connectivity index (χ0v) is 10.9. The molecule has 16 heavy (non-hydrogen) atoms. The van der Waals surface area contributed by atoms with Gasteiger partial charge in [-0.05, 0) is 11.4 Å². The third-order valence-corrected chi connectivity index (χ3v) is 3.84. The number of nitrogens with zero attached hydrogens (tertiary/aromatic N) is 2. The van der Waals surface area contributed by atoms with Gasteiger partial charge in [0, 0.05) is 13.2 Å². The highest BCUT2D eigenvalue weighted by Crippen LogP contribution is 2.30. The zero-order chi connectivity index (χ0) is 11.4. The van der Waals surface area contributed by atoms with Crippen LogP contribution in [-0.2, 0) is 11.3 Å². The van der Waals surface area contributed by atoms with E-state index in [4.69, 9.17) is 16.3 Å². The third kappa shape index (κ3) is 3.18. The van der Waals surface area contributed by atoms with Gasteiger partial charge in [0.05, 0.1) is 4.21 Å². The number of halogens is 1. The van der Waals surface area contributed by atoms with Gasteiger partial charge in [-0.25, -0.2) is 9.97 Å². The maximum Gasteiger partial charge on any atom is 0.156 e. The SMILES string of the molecule is COCc1nc(Cl)cc(Sc2cccs2)n1. The highest BCUT2D eigenvalue weighted by molar-refractivity contribution is 8.01.